The predicted molar refractivity (Wildman–Crippen MR) is 92.3 cm³/mol. The highest BCUT2D eigenvalue weighted by Crippen LogP contribution is 2.23. The van der Waals surface area contributed by atoms with E-state index < -0.39 is 0 Å². The molecule has 21 heavy (non-hydrogen) atoms. The number of aromatic nitrogens is 2. The average molecular weight is 349 g/mol. The summed E-state index contributed by atoms with van der Waals surface area (Å²) in [6, 6.07) is 8.44. The second kappa shape index (κ2) is 6.89. The van der Waals surface area contributed by atoms with Crippen molar-refractivity contribution in [2.75, 3.05) is 10.6 Å². The lowest BCUT2D eigenvalue weighted by atomic mass is 10.2. The van der Waals surface area contributed by atoms with Crippen LogP contribution in [0.25, 0.3) is 0 Å². The van der Waals surface area contributed by atoms with E-state index in [4.69, 9.17) is 0 Å². The molecule has 1 atom stereocenters. The van der Waals surface area contributed by atoms with Gasteiger partial charge in [-0.3, -0.25) is 0 Å². The molecule has 2 N–H and O–H groups in total. The third-order valence-corrected chi connectivity index (χ3v) is 3.79. The first-order valence-electron chi connectivity index (χ1n) is 7.13. The molecule has 112 valence electrons. The number of hydrogen-bond donors (Lipinski definition) is 2. The zero-order chi connectivity index (χ0) is 15.4. The van der Waals surface area contributed by atoms with Crippen LogP contribution in [0.15, 0.2) is 28.7 Å². The number of rotatable bonds is 5. The van der Waals surface area contributed by atoms with Gasteiger partial charge < -0.3 is 10.6 Å². The van der Waals surface area contributed by atoms with Gasteiger partial charge in [-0.15, -0.1) is 0 Å². The highest BCUT2D eigenvalue weighted by molar-refractivity contribution is 9.10. The standard InChI is InChI=1S/C16H21BrN4/c1-5-11(3)18-16-19-12(4)9-15(21-16)20-14-7-6-13(17)8-10(14)2/h6-9,11H,5H2,1-4H3,(H2,18,19,20,21). The fourth-order valence-electron chi connectivity index (χ4n) is 1.92. The van der Waals surface area contributed by atoms with E-state index >= 15 is 0 Å². The molecule has 0 amide bonds. The zero-order valence-corrected chi connectivity index (χ0v) is 14.5. The summed E-state index contributed by atoms with van der Waals surface area (Å²) < 4.78 is 1.07. The van der Waals surface area contributed by atoms with Crippen LogP contribution in [0.4, 0.5) is 17.5 Å². The van der Waals surface area contributed by atoms with E-state index in [1.807, 2.05) is 25.1 Å². The van der Waals surface area contributed by atoms with Crippen LogP contribution in [0.1, 0.15) is 31.5 Å². The lowest BCUT2D eigenvalue weighted by molar-refractivity contribution is 0.752. The van der Waals surface area contributed by atoms with E-state index in [1.165, 1.54) is 0 Å². The first-order valence-corrected chi connectivity index (χ1v) is 7.92. The Morgan fingerprint density at radius 2 is 1.95 bits per heavy atom. The minimum Gasteiger partial charge on any atom is -0.352 e. The van der Waals surface area contributed by atoms with Crippen LogP contribution in [0.2, 0.25) is 0 Å². The van der Waals surface area contributed by atoms with Crippen molar-refractivity contribution in [3.8, 4) is 0 Å². The normalized spacial score (nSPS) is 12.0. The molecule has 0 saturated carbocycles. The Bertz CT molecular complexity index is 628. The Balaban J connectivity index is 2.23. The molecule has 0 spiro atoms. The number of hydrogen-bond acceptors (Lipinski definition) is 4. The topological polar surface area (TPSA) is 49.8 Å². The first kappa shape index (κ1) is 15.8. The van der Waals surface area contributed by atoms with Gasteiger partial charge in [-0.2, -0.15) is 4.98 Å². The monoisotopic (exact) mass is 348 g/mol. The molecular formula is C16H21BrN4. The van der Waals surface area contributed by atoms with Gasteiger partial charge in [-0.1, -0.05) is 22.9 Å². The molecule has 1 aromatic carbocycles. The quantitative estimate of drug-likeness (QED) is 0.813. The maximum absolute atomic E-state index is 4.54. The van der Waals surface area contributed by atoms with Gasteiger partial charge >= 0.3 is 0 Å². The molecule has 2 aromatic rings. The molecule has 1 heterocycles. The maximum atomic E-state index is 4.54. The molecule has 2 rings (SSSR count). The molecule has 0 aliphatic rings. The van der Waals surface area contributed by atoms with E-state index in [2.05, 4.69) is 63.4 Å². The Morgan fingerprint density at radius 3 is 2.62 bits per heavy atom. The van der Waals surface area contributed by atoms with Crippen LogP contribution in [-0.2, 0) is 0 Å². The summed E-state index contributed by atoms with van der Waals surface area (Å²) in [7, 11) is 0. The third kappa shape index (κ3) is 4.43. The van der Waals surface area contributed by atoms with Gasteiger partial charge in [0.1, 0.15) is 5.82 Å². The van der Waals surface area contributed by atoms with Gasteiger partial charge in [0.15, 0.2) is 0 Å². The number of halogens is 1. The van der Waals surface area contributed by atoms with Gasteiger partial charge in [0.2, 0.25) is 5.95 Å². The van der Waals surface area contributed by atoms with E-state index in [9.17, 15) is 0 Å². The van der Waals surface area contributed by atoms with Crippen molar-refractivity contribution in [1.29, 1.82) is 0 Å². The van der Waals surface area contributed by atoms with Crippen LogP contribution >= 0.6 is 15.9 Å². The molecule has 4 nitrogen and oxygen atoms in total. The van der Waals surface area contributed by atoms with Gasteiger partial charge in [-0.05, 0) is 51.0 Å². The number of nitrogens with zero attached hydrogens (tertiary/aromatic N) is 2. The fraction of sp³-hybridized carbons (Fsp3) is 0.375. The minimum atomic E-state index is 0.356. The second-order valence-electron chi connectivity index (χ2n) is 5.26. The molecule has 0 radical (unpaired) electrons. The minimum absolute atomic E-state index is 0.356. The van der Waals surface area contributed by atoms with Gasteiger partial charge in [-0.25, -0.2) is 4.98 Å². The summed E-state index contributed by atoms with van der Waals surface area (Å²) in [6.07, 6.45) is 1.03. The zero-order valence-electron chi connectivity index (χ0n) is 12.9. The molecule has 0 bridgehead atoms. The van der Waals surface area contributed by atoms with Crippen molar-refractivity contribution in [3.63, 3.8) is 0 Å². The fourth-order valence-corrected chi connectivity index (χ4v) is 2.40. The van der Waals surface area contributed by atoms with E-state index in [0.29, 0.717) is 12.0 Å². The Morgan fingerprint density at radius 1 is 1.19 bits per heavy atom. The smallest absolute Gasteiger partial charge is 0.225 e. The van der Waals surface area contributed by atoms with Crippen LogP contribution in [0.5, 0.6) is 0 Å². The Kier molecular flexibility index (Phi) is 5.17. The average Bonchev–Trinajstić information content (AvgIpc) is 2.41. The molecule has 0 aliphatic heterocycles. The van der Waals surface area contributed by atoms with E-state index in [-0.39, 0.29) is 0 Å². The van der Waals surface area contributed by atoms with Crippen molar-refractivity contribution in [2.24, 2.45) is 0 Å². The SMILES string of the molecule is CCC(C)Nc1nc(C)cc(Nc2ccc(Br)cc2C)n1. The second-order valence-corrected chi connectivity index (χ2v) is 6.17. The molecule has 1 unspecified atom stereocenters. The number of benzene rings is 1. The summed E-state index contributed by atoms with van der Waals surface area (Å²) in [4.78, 5) is 8.97. The Labute approximate surface area is 134 Å². The van der Waals surface area contributed by atoms with E-state index in [0.717, 1.165) is 33.7 Å². The van der Waals surface area contributed by atoms with Crippen molar-refractivity contribution in [2.45, 2.75) is 40.2 Å². The molecule has 0 aliphatic carbocycles. The van der Waals surface area contributed by atoms with Crippen LogP contribution in [-0.4, -0.2) is 16.0 Å². The van der Waals surface area contributed by atoms with Crippen molar-refractivity contribution in [3.05, 3.63) is 40.0 Å². The number of anilines is 3. The van der Waals surface area contributed by atoms with Crippen molar-refractivity contribution in [1.82, 2.24) is 9.97 Å². The maximum Gasteiger partial charge on any atom is 0.225 e. The third-order valence-electron chi connectivity index (χ3n) is 3.29. The van der Waals surface area contributed by atoms with Gasteiger partial charge in [0.05, 0.1) is 0 Å². The van der Waals surface area contributed by atoms with Crippen molar-refractivity contribution < 1.29 is 0 Å². The molecule has 5 heteroatoms. The van der Waals surface area contributed by atoms with Crippen LogP contribution in [0, 0.1) is 13.8 Å². The van der Waals surface area contributed by atoms with Gasteiger partial charge in [0, 0.05) is 28.0 Å². The van der Waals surface area contributed by atoms with Crippen molar-refractivity contribution >= 4 is 33.4 Å². The predicted octanol–water partition coefficient (Wildman–Crippen LogP) is 4.81. The molecular weight excluding hydrogens is 328 g/mol. The van der Waals surface area contributed by atoms with Gasteiger partial charge in [0.25, 0.3) is 0 Å². The highest BCUT2D eigenvalue weighted by atomic mass is 79.9. The Hall–Kier alpha value is -1.62. The molecule has 0 saturated heterocycles. The lowest BCUT2D eigenvalue weighted by Gasteiger charge is -2.14. The van der Waals surface area contributed by atoms with E-state index in [1.54, 1.807) is 0 Å². The van der Waals surface area contributed by atoms with Crippen LogP contribution in [0.3, 0.4) is 0 Å². The first-order chi connectivity index (χ1) is 9.97. The summed E-state index contributed by atoms with van der Waals surface area (Å²) in [5.74, 6) is 1.47. The summed E-state index contributed by atoms with van der Waals surface area (Å²) >= 11 is 3.48. The summed E-state index contributed by atoms with van der Waals surface area (Å²) in [6.45, 7) is 8.30. The molecule has 0 fully saturated rings. The summed E-state index contributed by atoms with van der Waals surface area (Å²) in [5.41, 5.74) is 3.15. The molecule has 1 aromatic heterocycles. The highest BCUT2D eigenvalue weighted by Gasteiger charge is 2.06. The lowest BCUT2D eigenvalue weighted by Crippen LogP contribution is -2.16. The largest absolute Gasteiger partial charge is 0.352 e. The summed E-state index contributed by atoms with van der Waals surface area (Å²) in [5, 5.41) is 6.67. The van der Waals surface area contributed by atoms with Crippen LogP contribution < -0.4 is 10.6 Å². The number of nitrogens with one attached hydrogen (secondary N) is 2. The number of aryl methyl sites for hydroxylation is 2.